The predicted molar refractivity (Wildman–Crippen MR) is 79.1 cm³/mol. The molecule has 0 aromatic heterocycles. The van der Waals surface area contributed by atoms with Crippen molar-refractivity contribution < 1.29 is 13.2 Å². The third-order valence-corrected chi connectivity index (χ3v) is 4.57. The van der Waals surface area contributed by atoms with Crippen LogP contribution < -0.4 is 9.46 Å². The molecule has 2 rings (SSSR count). The Labute approximate surface area is 127 Å². The second-order valence-corrected chi connectivity index (χ2v) is 6.32. The lowest BCUT2D eigenvalue weighted by molar-refractivity contribution is 0.414. The van der Waals surface area contributed by atoms with Gasteiger partial charge < -0.3 is 4.74 Å². The van der Waals surface area contributed by atoms with Gasteiger partial charge in [0, 0.05) is 6.07 Å². The summed E-state index contributed by atoms with van der Waals surface area (Å²) in [5, 5.41) is 0.553. The number of methoxy groups -OCH3 is 1. The zero-order chi connectivity index (χ0) is 14.8. The van der Waals surface area contributed by atoms with Gasteiger partial charge in [-0.3, -0.25) is 4.72 Å². The van der Waals surface area contributed by atoms with Gasteiger partial charge in [0.25, 0.3) is 10.0 Å². The summed E-state index contributed by atoms with van der Waals surface area (Å²) in [5.74, 6) is 0.574. The van der Waals surface area contributed by atoms with E-state index in [4.69, 9.17) is 27.9 Å². The van der Waals surface area contributed by atoms with Crippen LogP contribution in [-0.4, -0.2) is 15.5 Å². The summed E-state index contributed by atoms with van der Waals surface area (Å²) < 4.78 is 31.6. The van der Waals surface area contributed by atoms with E-state index in [0.29, 0.717) is 10.8 Å². The first kappa shape index (κ1) is 15.0. The number of nitrogens with one attached hydrogen (secondary N) is 1. The molecular weight excluding hydrogens is 321 g/mol. The normalized spacial score (nSPS) is 11.2. The fourth-order valence-electron chi connectivity index (χ4n) is 1.46. The standard InChI is InChI=1S/C13H10Cl2NO3S/c1-19-10-3-5-11(6-4-10)20(17,18)16-9-2-7-12(14)13(15)8-9/h3-8,16H,1H3. The molecule has 0 heterocycles. The van der Waals surface area contributed by atoms with Crippen molar-refractivity contribution in [2.24, 2.45) is 0 Å². The van der Waals surface area contributed by atoms with Crippen molar-refractivity contribution in [3.8, 4) is 5.75 Å². The van der Waals surface area contributed by atoms with Crippen LogP contribution in [0.1, 0.15) is 0 Å². The van der Waals surface area contributed by atoms with E-state index in [1.165, 1.54) is 31.4 Å². The molecule has 0 aliphatic carbocycles. The molecule has 0 amide bonds. The van der Waals surface area contributed by atoms with Gasteiger partial charge >= 0.3 is 0 Å². The largest absolute Gasteiger partial charge is 0.497 e. The fraction of sp³-hybridized carbons (Fsp3) is 0.0769. The van der Waals surface area contributed by atoms with E-state index in [9.17, 15) is 8.42 Å². The van der Waals surface area contributed by atoms with Crippen LogP contribution in [0.2, 0.25) is 10.0 Å². The smallest absolute Gasteiger partial charge is 0.261 e. The Balaban J connectivity index is 2.27. The van der Waals surface area contributed by atoms with Crippen molar-refractivity contribution >= 4 is 38.9 Å². The van der Waals surface area contributed by atoms with Crippen LogP contribution in [-0.2, 0) is 10.0 Å². The zero-order valence-corrected chi connectivity index (χ0v) is 12.7. The second-order valence-electron chi connectivity index (χ2n) is 3.82. The topological polar surface area (TPSA) is 55.4 Å². The molecule has 0 unspecified atom stereocenters. The van der Waals surface area contributed by atoms with Gasteiger partial charge in [0.05, 0.1) is 27.7 Å². The molecule has 7 heteroatoms. The number of hydrogen-bond acceptors (Lipinski definition) is 3. The number of halogens is 2. The molecule has 105 valence electrons. The molecule has 0 saturated carbocycles. The van der Waals surface area contributed by atoms with Crippen LogP contribution in [0.15, 0.2) is 41.3 Å². The number of sulfonamides is 1. The first-order chi connectivity index (χ1) is 9.42. The summed E-state index contributed by atoms with van der Waals surface area (Å²) in [6, 6.07) is 11.5. The summed E-state index contributed by atoms with van der Waals surface area (Å²) in [4.78, 5) is 0.109. The minimum atomic E-state index is -3.71. The van der Waals surface area contributed by atoms with Crippen molar-refractivity contribution in [3.63, 3.8) is 0 Å². The van der Waals surface area contributed by atoms with Crippen molar-refractivity contribution in [2.75, 3.05) is 11.8 Å². The first-order valence-corrected chi connectivity index (χ1v) is 7.70. The Morgan fingerprint density at radius 2 is 1.80 bits per heavy atom. The van der Waals surface area contributed by atoms with Gasteiger partial charge in [-0.05, 0) is 36.4 Å². The molecule has 0 aliphatic heterocycles. The van der Waals surface area contributed by atoms with Gasteiger partial charge in [-0.2, -0.15) is 0 Å². The van der Waals surface area contributed by atoms with E-state index in [1.807, 2.05) is 0 Å². The maximum atomic E-state index is 12.1. The summed E-state index contributed by atoms with van der Waals surface area (Å²) in [5.41, 5.74) is 0.218. The molecule has 1 N–H and O–H groups in total. The molecule has 20 heavy (non-hydrogen) atoms. The lowest BCUT2D eigenvalue weighted by Gasteiger charge is -2.09. The predicted octanol–water partition coefficient (Wildman–Crippen LogP) is 3.60. The Bertz CT molecular complexity index is 715. The van der Waals surface area contributed by atoms with Gasteiger partial charge in [-0.1, -0.05) is 23.2 Å². The highest BCUT2D eigenvalue weighted by atomic mass is 35.5. The van der Waals surface area contributed by atoms with E-state index < -0.39 is 10.0 Å². The number of hydrogen-bond donors (Lipinski definition) is 1. The molecule has 1 radical (unpaired) electrons. The van der Waals surface area contributed by atoms with Gasteiger partial charge in [-0.15, -0.1) is 0 Å². The number of anilines is 1. The second kappa shape index (κ2) is 5.91. The van der Waals surface area contributed by atoms with Crippen LogP contribution in [0.25, 0.3) is 0 Å². The summed E-state index contributed by atoms with van der Waals surface area (Å²) >= 11 is 11.6. The molecule has 0 spiro atoms. The molecule has 2 aromatic rings. The highest BCUT2D eigenvalue weighted by molar-refractivity contribution is 7.92. The van der Waals surface area contributed by atoms with Crippen LogP contribution in [0.4, 0.5) is 5.69 Å². The number of rotatable bonds is 4. The molecule has 0 bridgehead atoms. The van der Waals surface area contributed by atoms with Crippen molar-refractivity contribution in [2.45, 2.75) is 4.90 Å². The van der Waals surface area contributed by atoms with Crippen molar-refractivity contribution in [1.82, 2.24) is 0 Å². The van der Waals surface area contributed by atoms with E-state index in [2.05, 4.69) is 10.8 Å². The SMILES string of the molecule is COc1ccc(S(=O)(=O)Nc2[c]cc(Cl)c(Cl)c2)cc1. The maximum Gasteiger partial charge on any atom is 0.261 e. The molecule has 4 nitrogen and oxygen atoms in total. The van der Waals surface area contributed by atoms with Crippen LogP contribution in [0.3, 0.4) is 0 Å². The zero-order valence-electron chi connectivity index (χ0n) is 10.4. The summed E-state index contributed by atoms with van der Waals surface area (Å²) in [7, 11) is -2.20. The molecule has 0 saturated heterocycles. The average molecular weight is 331 g/mol. The lowest BCUT2D eigenvalue weighted by atomic mass is 10.3. The fourth-order valence-corrected chi connectivity index (χ4v) is 2.76. The van der Waals surface area contributed by atoms with Gasteiger partial charge in [-0.25, -0.2) is 8.42 Å². The lowest BCUT2D eigenvalue weighted by Crippen LogP contribution is -2.12. The summed E-state index contributed by atoms with van der Waals surface area (Å²) in [6.45, 7) is 0. The summed E-state index contributed by atoms with van der Waals surface area (Å²) in [6.07, 6.45) is 0. The van der Waals surface area contributed by atoms with Crippen LogP contribution >= 0.6 is 23.2 Å². The maximum absolute atomic E-state index is 12.1. The molecule has 0 fully saturated rings. The van der Waals surface area contributed by atoms with Gasteiger partial charge in [0.2, 0.25) is 0 Å². The van der Waals surface area contributed by atoms with E-state index in [1.54, 1.807) is 12.1 Å². The average Bonchev–Trinajstić information content (AvgIpc) is 2.43. The minimum absolute atomic E-state index is 0.109. The van der Waals surface area contributed by atoms with Crippen LogP contribution in [0, 0.1) is 6.07 Å². The molecule has 2 aromatic carbocycles. The monoisotopic (exact) mass is 330 g/mol. The highest BCUT2D eigenvalue weighted by Gasteiger charge is 2.14. The van der Waals surface area contributed by atoms with Crippen molar-refractivity contribution in [1.29, 1.82) is 0 Å². The van der Waals surface area contributed by atoms with E-state index in [-0.39, 0.29) is 15.6 Å². The van der Waals surface area contributed by atoms with E-state index >= 15 is 0 Å². The molecular formula is C13H10Cl2NO3S. The number of benzene rings is 2. The first-order valence-electron chi connectivity index (χ1n) is 5.46. The highest BCUT2D eigenvalue weighted by Crippen LogP contribution is 2.26. The molecule has 0 atom stereocenters. The van der Waals surface area contributed by atoms with Crippen LogP contribution in [0.5, 0.6) is 5.75 Å². The van der Waals surface area contributed by atoms with Gasteiger partial charge in [0.1, 0.15) is 5.75 Å². The number of ether oxygens (including phenoxy) is 1. The van der Waals surface area contributed by atoms with E-state index in [0.717, 1.165) is 0 Å². The van der Waals surface area contributed by atoms with Gasteiger partial charge in [0.15, 0.2) is 0 Å². The third-order valence-electron chi connectivity index (χ3n) is 2.47. The molecule has 0 aliphatic rings. The minimum Gasteiger partial charge on any atom is -0.497 e. The Hall–Kier alpha value is -1.43. The third kappa shape index (κ3) is 3.36. The Morgan fingerprint density at radius 1 is 1.15 bits per heavy atom. The van der Waals surface area contributed by atoms with Crippen molar-refractivity contribution in [3.05, 3.63) is 52.5 Å². The Kier molecular flexibility index (Phi) is 4.42. The quantitative estimate of drug-likeness (QED) is 0.931. The Morgan fingerprint density at radius 3 is 2.35 bits per heavy atom.